The summed E-state index contributed by atoms with van der Waals surface area (Å²) in [7, 11) is 0. The first-order valence-corrected chi connectivity index (χ1v) is 9.95. The molecule has 1 N–H and O–H groups in total. The quantitative estimate of drug-likeness (QED) is 0.628. The van der Waals surface area contributed by atoms with Gasteiger partial charge in [-0.15, -0.1) is 0 Å². The number of carbonyl (C=O) groups excluding carboxylic acids is 3. The van der Waals surface area contributed by atoms with Gasteiger partial charge in [-0.3, -0.25) is 19.3 Å². The van der Waals surface area contributed by atoms with E-state index in [1.807, 2.05) is 0 Å². The maximum Gasteiger partial charge on any atom is 0.240 e. The van der Waals surface area contributed by atoms with E-state index in [1.54, 1.807) is 0 Å². The molecular weight excluding hydrogens is 316 g/mol. The third kappa shape index (κ3) is 3.13. The molecule has 0 spiro atoms. The molecule has 4 aliphatic rings. The SMILES string of the molecule is O=C(CN1C(=O)C2C3C=CC(C3)C2C1=O)NCC1CCCCCCC1. The van der Waals surface area contributed by atoms with Crippen molar-refractivity contribution in [2.24, 2.45) is 29.6 Å². The van der Waals surface area contributed by atoms with Crippen LogP contribution in [0.1, 0.15) is 51.4 Å². The molecule has 4 rings (SSSR count). The highest BCUT2D eigenvalue weighted by atomic mass is 16.2. The Morgan fingerprint density at radius 3 is 2.12 bits per heavy atom. The topological polar surface area (TPSA) is 66.5 Å². The lowest BCUT2D eigenvalue weighted by molar-refractivity contribution is -0.144. The number of imide groups is 1. The molecule has 2 saturated carbocycles. The molecule has 4 atom stereocenters. The summed E-state index contributed by atoms with van der Waals surface area (Å²) in [5.41, 5.74) is 0. The molecule has 5 heteroatoms. The molecule has 1 aliphatic heterocycles. The second-order valence-corrected chi connectivity index (χ2v) is 8.28. The van der Waals surface area contributed by atoms with E-state index in [-0.39, 0.29) is 47.9 Å². The fraction of sp³-hybridized carbons (Fsp3) is 0.750. The van der Waals surface area contributed by atoms with Crippen LogP contribution >= 0.6 is 0 Å². The molecule has 3 amide bonds. The van der Waals surface area contributed by atoms with E-state index in [2.05, 4.69) is 17.5 Å². The van der Waals surface area contributed by atoms with Crippen molar-refractivity contribution in [1.29, 1.82) is 0 Å². The summed E-state index contributed by atoms with van der Waals surface area (Å²) in [6.07, 6.45) is 13.8. The Morgan fingerprint density at radius 1 is 0.960 bits per heavy atom. The molecule has 1 heterocycles. The highest BCUT2D eigenvalue weighted by Crippen LogP contribution is 2.52. The van der Waals surface area contributed by atoms with Crippen LogP contribution in [0.3, 0.4) is 0 Å². The van der Waals surface area contributed by atoms with Crippen molar-refractivity contribution in [2.45, 2.75) is 51.4 Å². The zero-order valence-electron chi connectivity index (χ0n) is 14.8. The summed E-state index contributed by atoms with van der Waals surface area (Å²) in [5.74, 6) is 0.0734. The summed E-state index contributed by atoms with van der Waals surface area (Å²) in [4.78, 5) is 38.7. The number of rotatable bonds is 4. The van der Waals surface area contributed by atoms with Gasteiger partial charge >= 0.3 is 0 Å². The van der Waals surface area contributed by atoms with E-state index in [0.29, 0.717) is 12.5 Å². The zero-order valence-corrected chi connectivity index (χ0v) is 14.8. The van der Waals surface area contributed by atoms with Crippen molar-refractivity contribution in [3.05, 3.63) is 12.2 Å². The van der Waals surface area contributed by atoms with E-state index in [0.717, 1.165) is 6.42 Å². The maximum absolute atomic E-state index is 12.6. The molecular formula is C20H28N2O3. The number of hydrogen-bond acceptors (Lipinski definition) is 3. The van der Waals surface area contributed by atoms with Gasteiger partial charge in [0, 0.05) is 6.54 Å². The van der Waals surface area contributed by atoms with E-state index in [1.165, 1.54) is 49.8 Å². The maximum atomic E-state index is 12.6. The highest BCUT2D eigenvalue weighted by Gasteiger charge is 2.59. The fourth-order valence-electron chi connectivity index (χ4n) is 5.32. The third-order valence-corrected chi connectivity index (χ3v) is 6.68. The molecule has 3 aliphatic carbocycles. The van der Waals surface area contributed by atoms with Crippen molar-refractivity contribution in [3.8, 4) is 0 Å². The van der Waals surface area contributed by atoms with Crippen molar-refractivity contribution in [3.63, 3.8) is 0 Å². The summed E-state index contributed by atoms with van der Waals surface area (Å²) >= 11 is 0. The predicted molar refractivity (Wildman–Crippen MR) is 93.3 cm³/mol. The summed E-state index contributed by atoms with van der Waals surface area (Å²) in [6.45, 7) is 0.575. The number of hydrogen-bond donors (Lipinski definition) is 1. The van der Waals surface area contributed by atoms with Crippen LogP contribution in [0.5, 0.6) is 0 Å². The number of likely N-dealkylation sites (tertiary alicyclic amines) is 1. The van der Waals surface area contributed by atoms with Crippen LogP contribution in [0.4, 0.5) is 0 Å². The Bertz CT molecular complexity index is 562. The van der Waals surface area contributed by atoms with Gasteiger partial charge in [-0.2, -0.15) is 0 Å². The van der Waals surface area contributed by atoms with Gasteiger partial charge in [0.15, 0.2) is 0 Å². The lowest BCUT2D eigenvalue weighted by Gasteiger charge is -2.21. The van der Waals surface area contributed by atoms with E-state index in [9.17, 15) is 14.4 Å². The largest absolute Gasteiger partial charge is 0.354 e. The average molecular weight is 344 g/mol. The summed E-state index contributed by atoms with van der Waals surface area (Å²) in [6, 6.07) is 0. The molecule has 1 saturated heterocycles. The lowest BCUT2D eigenvalue weighted by atomic mass is 9.85. The molecule has 136 valence electrons. The number of nitrogens with one attached hydrogen (secondary N) is 1. The minimum atomic E-state index is -0.207. The second-order valence-electron chi connectivity index (χ2n) is 8.28. The number of fused-ring (bicyclic) bond motifs is 5. The molecule has 4 unspecified atom stereocenters. The Labute approximate surface area is 149 Å². The van der Waals surface area contributed by atoms with Crippen LogP contribution in [0, 0.1) is 29.6 Å². The minimum Gasteiger partial charge on any atom is -0.354 e. The summed E-state index contributed by atoms with van der Waals surface area (Å²) in [5, 5.41) is 2.97. The molecule has 3 fully saturated rings. The number of amides is 3. The lowest BCUT2D eigenvalue weighted by Crippen LogP contribution is -2.43. The van der Waals surface area contributed by atoms with E-state index >= 15 is 0 Å². The normalized spacial score (nSPS) is 35.0. The van der Waals surface area contributed by atoms with Crippen LogP contribution < -0.4 is 5.32 Å². The Hall–Kier alpha value is -1.65. The Morgan fingerprint density at radius 2 is 1.52 bits per heavy atom. The predicted octanol–water partition coefficient (Wildman–Crippen LogP) is 2.27. The minimum absolute atomic E-state index is 0.100. The van der Waals surface area contributed by atoms with Crippen LogP contribution in [0.25, 0.3) is 0 Å². The van der Waals surface area contributed by atoms with Crippen molar-refractivity contribution in [1.82, 2.24) is 10.2 Å². The first kappa shape index (κ1) is 16.8. The number of nitrogens with zero attached hydrogens (tertiary/aromatic N) is 1. The first-order chi connectivity index (χ1) is 12.1. The Balaban J connectivity index is 1.29. The average Bonchev–Trinajstić information content (AvgIpc) is 3.24. The standard InChI is InChI=1S/C20H28N2O3/c23-16(21-11-13-6-4-2-1-3-5-7-13)12-22-19(24)17-14-8-9-15(10-14)18(17)20(22)25/h8-9,13-15,17-18H,1-7,10-12H2,(H,21,23). The van der Waals surface area contributed by atoms with Crippen LogP contribution in [0.15, 0.2) is 12.2 Å². The van der Waals surface area contributed by atoms with E-state index in [4.69, 9.17) is 0 Å². The first-order valence-electron chi connectivity index (χ1n) is 9.95. The molecule has 0 radical (unpaired) electrons. The molecule has 0 aromatic carbocycles. The summed E-state index contributed by atoms with van der Waals surface area (Å²) < 4.78 is 0. The van der Waals surface area contributed by atoms with Crippen LogP contribution in [-0.4, -0.2) is 35.7 Å². The van der Waals surface area contributed by atoms with Crippen molar-refractivity contribution in [2.75, 3.05) is 13.1 Å². The number of allylic oxidation sites excluding steroid dienone is 2. The highest BCUT2D eigenvalue weighted by molar-refractivity contribution is 6.08. The van der Waals surface area contributed by atoms with Crippen molar-refractivity contribution >= 4 is 17.7 Å². The van der Waals surface area contributed by atoms with Gasteiger partial charge in [-0.25, -0.2) is 0 Å². The number of carbonyl (C=O) groups is 3. The van der Waals surface area contributed by atoms with Crippen LogP contribution in [0.2, 0.25) is 0 Å². The van der Waals surface area contributed by atoms with Crippen molar-refractivity contribution < 1.29 is 14.4 Å². The van der Waals surface area contributed by atoms with Gasteiger partial charge in [-0.1, -0.05) is 44.3 Å². The van der Waals surface area contributed by atoms with Gasteiger partial charge in [0.2, 0.25) is 17.7 Å². The Kier molecular flexibility index (Phi) is 4.65. The van der Waals surface area contributed by atoms with Gasteiger partial charge in [0.05, 0.1) is 11.8 Å². The zero-order chi connectivity index (χ0) is 17.4. The van der Waals surface area contributed by atoms with Gasteiger partial charge in [0.1, 0.15) is 6.54 Å². The fourth-order valence-corrected chi connectivity index (χ4v) is 5.32. The third-order valence-electron chi connectivity index (χ3n) is 6.68. The molecule has 0 aromatic rings. The van der Waals surface area contributed by atoms with Gasteiger partial charge < -0.3 is 5.32 Å². The molecule has 5 nitrogen and oxygen atoms in total. The molecule has 25 heavy (non-hydrogen) atoms. The molecule has 2 bridgehead atoms. The smallest absolute Gasteiger partial charge is 0.240 e. The second kappa shape index (κ2) is 6.93. The monoisotopic (exact) mass is 344 g/mol. The van der Waals surface area contributed by atoms with Gasteiger partial charge in [-0.05, 0) is 37.0 Å². The van der Waals surface area contributed by atoms with Gasteiger partial charge in [0.25, 0.3) is 0 Å². The molecule has 0 aromatic heterocycles. The van der Waals surface area contributed by atoms with E-state index < -0.39 is 0 Å². The van der Waals surface area contributed by atoms with Crippen LogP contribution in [-0.2, 0) is 14.4 Å².